The maximum absolute atomic E-state index is 13.3. The van der Waals surface area contributed by atoms with Crippen molar-refractivity contribution in [2.24, 2.45) is 0 Å². The van der Waals surface area contributed by atoms with Gasteiger partial charge in [-0.25, -0.2) is 4.39 Å². The second-order valence-electron chi connectivity index (χ2n) is 6.16. The van der Waals surface area contributed by atoms with E-state index in [1.54, 1.807) is 0 Å². The van der Waals surface area contributed by atoms with Crippen LogP contribution in [0.2, 0.25) is 0 Å². The minimum absolute atomic E-state index is 0.314. The minimum Gasteiger partial charge on any atom is -0.474 e. The summed E-state index contributed by atoms with van der Waals surface area (Å²) in [5, 5.41) is 16.1. The number of nitrogens with zero attached hydrogens (tertiary/aromatic N) is 1. The molecular formula is C19H20FN3O5. The van der Waals surface area contributed by atoms with E-state index < -0.39 is 34.3 Å². The lowest BCUT2D eigenvalue weighted by Crippen LogP contribution is -2.40. The highest BCUT2D eigenvalue weighted by Crippen LogP contribution is 2.28. The summed E-state index contributed by atoms with van der Waals surface area (Å²) < 4.78 is 18.5. The topological polar surface area (TPSA) is 111 Å². The molecule has 9 heteroatoms. The van der Waals surface area contributed by atoms with E-state index in [-0.39, 0.29) is 12.3 Å². The summed E-state index contributed by atoms with van der Waals surface area (Å²) in [6.45, 7) is 4.73. The van der Waals surface area contributed by atoms with Crippen LogP contribution in [0.4, 0.5) is 15.8 Å². The first kappa shape index (κ1) is 20.8. The summed E-state index contributed by atoms with van der Waals surface area (Å²) in [5.74, 6) is -2.21. The van der Waals surface area contributed by atoms with Crippen molar-refractivity contribution in [3.8, 4) is 5.75 Å². The van der Waals surface area contributed by atoms with Crippen LogP contribution in [0.15, 0.2) is 36.4 Å². The number of ether oxygens (including phenoxy) is 1. The number of halogens is 1. The van der Waals surface area contributed by atoms with Crippen LogP contribution in [0.1, 0.15) is 18.1 Å². The fraction of sp³-hybridized carbons (Fsp3) is 0.263. The number of nitro benzene ring substituents is 1. The number of aryl methyl sites for hydroxylation is 2. The minimum atomic E-state index is -1.17. The first-order valence-electron chi connectivity index (χ1n) is 8.43. The van der Waals surface area contributed by atoms with E-state index in [1.165, 1.54) is 6.92 Å². The lowest BCUT2D eigenvalue weighted by Gasteiger charge is -2.15. The SMILES string of the molecule is Cc1cccc(C)c1NC(=O)CNC(=O)[C@@H](C)Oc1cc(F)ccc1[N+](=O)[O-]. The number of para-hydroxylation sites is 1. The van der Waals surface area contributed by atoms with Crippen molar-refractivity contribution < 1.29 is 23.6 Å². The Balaban J connectivity index is 1.95. The molecule has 0 saturated carbocycles. The standard InChI is InChI=1S/C19H20FN3O5/c1-11-5-4-6-12(2)18(11)22-17(24)10-21-19(25)13(3)28-16-9-14(20)7-8-15(16)23(26)27/h4-9,13H,10H2,1-3H3,(H,21,25)(H,22,24)/t13-/m1/s1. The number of anilines is 1. The predicted molar refractivity (Wildman–Crippen MR) is 101 cm³/mol. The molecule has 0 aliphatic carbocycles. The maximum Gasteiger partial charge on any atom is 0.311 e. The lowest BCUT2D eigenvalue weighted by molar-refractivity contribution is -0.386. The van der Waals surface area contributed by atoms with E-state index in [0.717, 1.165) is 29.3 Å². The highest BCUT2D eigenvalue weighted by Gasteiger charge is 2.22. The molecule has 8 nitrogen and oxygen atoms in total. The van der Waals surface area contributed by atoms with Gasteiger partial charge in [0.2, 0.25) is 11.7 Å². The fourth-order valence-electron chi connectivity index (χ4n) is 2.48. The number of hydrogen-bond acceptors (Lipinski definition) is 5. The molecule has 2 rings (SSSR count). The molecule has 2 amide bonds. The molecule has 0 heterocycles. The van der Waals surface area contributed by atoms with Crippen molar-refractivity contribution in [1.29, 1.82) is 0 Å². The van der Waals surface area contributed by atoms with Gasteiger partial charge in [-0.05, 0) is 38.0 Å². The van der Waals surface area contributed by atoms with Crippen LogP contribution in [0.3, 0.4) is 0 Å². The summed E-state index contributed by atoms with van der Waals surface area (Å²) in [4.78, 5) is 34.4. The highest BCUT2D eigenvalue weighted by atomic mass is 19.1. The zero-order valence-corrected chi connectivity index (χ0v) is 15.6. The Hall–Kier alpha value is -3.49. The second kappa shape index (κ2) is 8.94. The number of benzene rings is 2. The van der Waals surface area contributed by atoms with Crippen molar-refractivity contribution in [2.45, 2.75) is 26.9 Å². The van der Waals surface area contributed by atoms with Gasteiger partial charge in [0.15, 0.2) is 6.10 Å². The summed E-state index contributed by atoms with van der Waals surface area (Å²) in [6.07, 6.45) is -1.17. The first-order valence-corrected chi connectivity index (χ1v) is 8.43. The quantitative estimate of drug-likeness (QED) is 0.559. The molecule has 2 aromatic rings. The molecule has 0 fully saturated rings. The third-order valence-corrected chi connectivity index (χ3v) is 3.96. The molecule has 0 bridgehead atoms. The Morgan fingerprint density at radius 2 is 1.86 bits per heavy atom. The molecule has 1 atom stereocenters. The molecule has 0 unspecified atom stereocenters. The average molecular weight is 389 g/mol. The maximum atomic E-state index is 13.3. The average Bonchev–Trinajstić information content (AvgIpc) is 2.62. The molecule has 0 aliphatic rings. The van der Waals surface area contributed by atoms with E-state index in [2.05, 4.69) is 10.6 Å². The van der Waals surface area contributed by atoms with Crippen LogP contribution in [0.5, 0.6) is 5.75 Å². The predicted octanol–water partition coefficient (Wildman–Crippen LogP) is 2.87. The van der Waals surface area contributed by atoms with Crippen LogP contribution in [-0.2, 0) is 9.59 Å². The Morgan fingerprint density at radius 1 is 1.21 bits per heavy atom. The van der Waals surface area contributed by atoms with E-state index in [1.807, 2.05) is 32.0 Å². The number of nitrogens with one attached hydrogen (secondary N) is 2. The molecule has 28 heavy (non-hydrogen) atoms. The fourth-order valence-corrected chi connectivity index (χ4v) is 2.48. The number of carbonyl (C=O) groups excluding carboxylic acids is 2. The van der Waals surface area contributed by atoms with Crippen LogP contribution in [0.25, 0.3) is 0 Å². The van der Waals surface area contributed by atoms with Gasteiger partial charge in [-0.2, -0.15) is 0 Å². The Bertz CT molecular complexity index is 896. The molecule has 0 saturated heterocycles. The van der Waals surface area contributed by atoms with Gasteiger partial charge in [0.1, 0.15) is 5.82 Å². The second-order valence-corrected chi connectivity index (χ2v) is 6.16. The number of nitro groups is 1. The van der Waals surface area contributed by atoms with Crippen LogP contribution in [-0.4, -0.2) is 29.4 Å². The Kier molecular flexibility index (Phi) is 6.64. The third kappa shape index (κ3) is 5.26. The monoisotopic (exact) mass is 389 g/mol. The highest BCUT2D eigenvalue weighted by molar-refractivity contribution is 5.96. The molecule has 2 N–H and O–H groups in total. The number of carbonyl (C=O) groups is 2. The van der Waals surface area contributed by atoms with Gasteiger partial charge in [-0.15, -0.1) is 0 Å². The number of amides is 2. The molecular weight excluding hydrogens is 369 g/mol. The van der Waals surface area contributed by atoms with Gasteiger partial charge in [0.25, 0.3) is 5.91 Å². The van der Waals surface area contributed by atoms with Gasteiger partial charge < -0.3 is 15.4 Å². The zero-order valence-electron chi connectivity index (χ0n) is 15.6. The molecule has 0 spiro atoms. The smallest absolute Gasteiger partial charge is 0.311 e. The van der Waals surface area contributed by atoms with Crippen molar-refractivity contribution in [3.05, 3.63) is 63.5 Å². The molecule has 148 valence electrons. The molecule has 2 aromatic carbocycles. The van der Waals surface area contributed by atoms with Gasteiger partial charge in [0, 0.05) is 17.8 Å². The van der Waals surface area contributed by atoms with Crippen molar-refractivity contribution in [2.75, 3.05) is 11.9 Å². The van der Waals surface area contributed by atoms with E-state index in [4.69, 9.17) is 4.74 Å². The van der Waals surface area contributed by atoms with Crippen LogP contribution in [0, 0.1) is 29.8 Å². The van der Waals surface area contributed by atoms with E-state index in [0.29, 0.717) is 5.69 Å². The van der Waals surface area contributed by atoms with Gasteiger partial charge in [-0.1, -0.05) is 18.2 Å². The normalized spacial score (nSPS) is 11.4. The Labute approximate surface area is 160 Å². The van der Waals surface area contributed by atoms with Crippen LogP contribution >= 0.6 is 0 Å². The van der Waals surface area contributed by atoms with E-state index >= 15 is 0 Å². The molecule has 0 radical (unpaired) electrons. The third-order valence-electron chi connectivity index (χ3n) is 3.96. The van der Waals surface area contributed by atoms with Crippen LogP contribution < -0.4 is 15.4 Å². The molecule has 0 aromatic heterocycles. The summed E-state index contributed by atoms with van der Waals surface area (Å²) in [6, 6.07) is 8.27. The number of rotatable bonds is 7. The van der Waals surface area contributed by atoms with Crippen molar-refractivity contribution in [1.82, 2.24) is 5.32 Å². The van der Waals surface area contributed by atoms with Crippen molar-refractivity contribution in [3.63, 3.8) is 0 Å². The zero-order chi connectivity index (χ0) is 20.8. The Morgan fingerprint density at radius 3 is 2.46 bits per heavy atom. The molecule has 0 aliphatic heterocycles. The first-order chi connectivity index (χ1) is 13.2. The summed E-state index contributed by atoms with van der Waals surface area (Å²) in [5.41, 5.74) is 1.97. The number of hydrogen-bond donors (Lipinski definition) is 2. The summed E-state index contributed by atoms with van der Waals surface area (Å²) >= 11 is 0. The summed E-state index contributed by atoms with van der Waals surface area (Å²) in [7, 11) is 0. The van der Waals surface area contributed by atoms with Crippen molar-refractivity contribution >= 4 is 23.2 Å². The van der Waals surface area contributed by atoms with E-state index in [9.17, 15) is 24.1 Å². The van der Waals surface area contributed by atoms with Gasteiger partial charge >= 0.3 is 5.69 Å². The lowest BCUT2D eigenvalue weighted by atomic mass is 10.1. The van der Waals surface area contributed by atoms with Gasteiger partial charge in [-0.3, -0.25) is 19.7 Å². The van der Waals surface area contributed by atoms with Gasteiger partial charge in [0.05, 0.1) is 11.5 Å². The largest absolute Gasteiger partial charge is 0.474 e.